The molecular weight excluding hydrogens is 298 g/mol. The summed E-state index contributed by atoms with van der Waals surface area (Å²) in [6.45, 7) is 1.29. The Morgan fingerprint density at radius 2 is 2.00 bits per heavy atom. The van der Waals surface area contributed by atoms with Crippen molar-refractivity contribution in [2.75, 3.05) is 0 Å². The molecule has 0 atom stereocenters. The summed E-state index contributed by atoms with van der Waals surface area (Å²) >= 11 is 0. The zero-order valence-corrected chi connectivity index (χ0v) is 12.1. The van der Waals surface area contributed by atoms with Crippen LogP contribution < -0.4 is 10.4 Å². The second-order valence-electron chi connectivity index (χ2n) is 4.83. The van der Waals surface area contributed by atoms with Crippen LogP contribution in [0.2, 0.25) is 0 Å². The number of Topliss-reactive ketones (excluding diaryl/α,β-unsaturated/α-hetero) is 1. The zero-order valence-electron chi connectivity index (χ0n) is 12.1. The number of pyridine rings is 1. The minimum Gasteiger partial charge on any atom is -0.423 e. The lowest BCUT2D eigenvalue weighted by molar-refractivity contribution is 0.0734. The Bertz CT molecular complexity index is 960. The monoisotopic (exact) mass is 309 g/mol. The summed E-state index contributed by atoms with van der Waals surface area (Å²) in [6, 6.07) is 9.25. The smallest absolute Gasteiger partial charge is 0.347 e. The highest BCUT2D eigenvalue weighted by Crippen LogP contribution is 2.21. The third-order valence-corrected chi connectivity index (χ3v) is 3.19. The molecule has 0 spiro atoms. The zero-order chi connectivity index (χ0) is 16.4. The largest absolute Gasteiger partial charge is 0.423 e. The first-order chi connectivity index (χ1) is 11.0. The molecule has 114 valence electrons. The minimum atomic E-state index is -0.722. The van der Waals surface area contributed by atoms with E-state index in [1.165, 1.54) is 25.3 Å². The molecule has 0 saturated carbocycles. The van der Waals surface area contributed by atoms with Gasteiger partial charge in [0.2, 0.25) is 0 Å². The molecule has 0 unspecified atom stereocenters. The van der Waals surface area contributed by atoms with Crippen LogP contribution in [0.1, 0.15) is 27.6 Å². The fourth-order valence-electron chi connectivity index (χ4n) is 2.05. The van der Waals surface area contributed by atoms with Crippen molar-refractivity contribution >= 4 is 22.7 Å². The number of nitrogens with zero attached hydrogens (tertiary/aromatic N) is 1. The van der Waals surface area contributed by atoms with Crippen LogP contribution in [0.3, 0.4) is 0 Å². The predicted molar refractivity (Wildman–Crippen MR) is 81.7 cm³/mol. The maximum Gasteiger partial charge on any atom is 0.347 e. The van der Waals surface area contributed by atoms with Gasteiger partial charge < -0.3 is 9.15 Å². The Morgan fingerprint density at radius 1 is 1.17 bits per heavy atom. The predicted octanol–water partition coefficient (Wildman–Crippen LogP) is 2.61. The molecular formula is C17H11NO5. The highest BCUT2D eigenvalue weighted by molar-refractivity contribution is 5.96. The fraction of sp³-hybridized carbons (Fsp3) is 0.0588. The third kappa shape index (κ3) is 3.01. The van der Waals surface area contributed by atoms with Crippen LogP contribution in [-0.2, 0) is 0 Å². The van der Waals surface area contributed by atoms with Crippen LogP contribution in [0.15, 0.2) is 58.0 Å². The maximum absolute atomic E-state index is 12.0. The van der Waals surface area contributed by atoms with Gasteiger partial charge in [-0.15, -0.1) is 0 Å². The number of carbonyl (C=O) groups is 2. The molecule has 0 bridgehead atoms. The van der Waals surface area contributed by atoms with Gasteiger partial charge in [0.25, 0.3) is 0 Å². The van der Waals surface area contributed by atoms with Crippen molar-refractivity contribution in [1.82, 2.24) is 4.98 Å². The highest BCUT2D eigenvalue weighted by atomic mass is 16.5. The Labute approximate surface area is 130 Å². The molecule has 6 heteroatoms. The van der Waals surface area contributed by atoms with Crippen LogP contribution in [0.4, 0.5) is 0 Å². The van der Waals surface area contributed by atoms with E-state index in [1.54, 1.807) is 30.5 Å². The van der Waals surface area contributed by atoms with Gasteiger partial charge in [-0.05, 0) is 37.3 Å². The summed E-state index contributed by atoms with van der Waals surface area (Å²) in [7, 11) is 0. The molecule has 0 aliphatic carbocycles. The van der Waals surface area contributed by atoms with Crippen molar-refractivity contribution in [3.05, 3.63) is 70.3 Å². The molecule has 3 aromatic rings. The van der Waals surface area contributed by atoms with E-state index in [0.717, 1.165) is 0 Å². The number of aromatic nitrogens is 1. The van der Waals surface area contributed by atoms with Gasteiger partial charge in [0.1, 0.15) is 16.9 Å². The summed E-state index contributed by atoms with van der Waals surface area (Å²) in [4.78, 5) is 38.9. The number of esters is 1. The molecule has 2 aromatic heterocycles. The maximum atomic E-state index is 12.0. The van der Waals surface area contributed by atoms with Crippen LogP contribution in [0.5, 0.6) is 5.75 Å². The second-order valence-corrected chi connectivity index (χ2v) is 4.83. The van der Waals surface area contributed by atoms with Gasteiger partial charge in [-0.2, -0.15) is 0 Å². The van der Waals surface area contributed by atoms with E-state index in [-0.39, 0.29) is 22.7 Å². The lowest BCUT2D eigenvalue weighted by atomic mass is 10.1. The standard InChI is InChI=1S/C17H11NO5/c1-10(19)14-7-11-4-5-13(8-15(11)23-17(14)21)22-16(20)12-3-2-6-18-9-12/h2-9H,1H3. The quantitative estimate of drug-likeness (QED) is 0.320. The Balaban J connectivity index is 1.94. The van der Waals surface area contributed by atoms with Gasteiger partial charge in [-0.1, -0.05) is 0 Å². The molecule has 3 rings (SSSR count). The molecule has 0 aliphatic rings. The van der Waals surface area contributed by atoms with Gasteiger partial charge in [0.05, 0.1) is 5.56 Å². The van der Waals surface area contributed by atoms with Crippen molar-refractivity contribution in [3.8, 4) is 5.75 Å². The minimum absolute atomic E-state index is 0.0161. The summed E-state index contributed by atoms with van der Waals surface area (Å²) in [6.07, 6.45) is 2.94. The van der Waals surface area contributed by atoms with Crippen molar-refractivity contribution in [1.29, 1.82) is 0 Å². The lowest BCUT2D eigenvalue weighted by Crippen LogP contribution is -2.11. The Hall–Kier alpha value is -3.28. The van der Waals surface area contributed by atoms with Gasteiger partial charge in [0.15, 0.2) is 5.78 Å². The SMILES string of the molecule is CC(=O)c1cc2ccc(OC(=O)c3cccnc3)cc2oc1=O. The Morgan fingerprint density at radius 3 is 2.70 bits per heavy atom. The molecule has 0 radical (unpaired) electrons. The van der Waals surface area contributed by atoms with Gasteiger partial charge >= 0.3 is 11.6 Å². The number of rotatable bonds is 3. The number of hydrogen-bond donors (Lipinski definition) is 0. The number of ketones is 1. The summed E-state index contributed by atoms with van der Waals surface area (Å²) < 4.78 is 10.3. The van der Waals surface area contributed by atoms with Crippen LogP contribution in [-0.4, -0.2) is 16.7 Å². The van der Waals surface area contributed by atoms with Gasteiger partial charge in [-0.3, -0.25) is 9.78 Å². The molecule has 1 aromatic carbocycles. The molecule has 2 heterocycles. The first-order valence-corrected chi connectivity index (χ1v) is 6.75. The summed E-state index contributed by atoms with van der Waals surface area (Å²) in [5.74, 6) is -0.710. The first kappa shape index (κ1) is 14.6. The van der Waals surface area contributed by atoms with E-state index in [9.17, 15) is 14.4 Å². The molecule has 23 heavy (non-hydrogen) atoms. The average Bonchev–Trinajstić information content (AvgIpc) is 2.54. The molecule has 0 aliphatic heterocycles. The van der Waals surface area contributed by atoms with E-state index in [1.807, 2.05) is 0 Å². The number of fused-ring (bicyclic) bond motifs is 1. The summed E-state index contributed by atoms with van der Waals surface area (Å²) in [5, 5.41) is 0.566. The van der Waals surface area contributed by atoms with E-state index >= 15 is 0 Å². The van der Waals surface area contributed by atoms with E-state index in [0.29, 0.717) is 10.9 Å². The molecule has 0 N–H and O–H groups in total. The Kier molecular flexibility index (Phi) is 3.72. The number of ether oxygens (including phenoxy) is 1. The van der Waals surface area contributed by atoms with E-state index in [4.69, 9.17) is 9.15 Å². The fourth-order valence-corrected chi connectivity index (χ4v) is 2.05. The molecule has 0 amide bonds. The van der Waals surface area contributed by atoms with Gasteiger partial charge in [0, 0.05) is 23.8 Å². The number of hydrogen-bond acceptors (Lipinski definition) is 6. The van der Waals surface area contributed by atoms with Crippen molar-refractivity contribution < 1.29 is 18.7 Å². The van der Waals surface area contributed by atoms with E-state index in [2.05, 4.69) is 4.98 Å². The topological polar surface area (TPSA) is 86.5 Å². The average molecular weight is 309 g/mol. The third-order valence-electron chi connectivity index (χ3n) is 3.19. The van der Waals surface area contributed by atoms with E-state index < -0.39 is 11.6 Å². The van der Waals surface area contributed by atoms with Crippen molar-refractivity contribution in [2.24, 2.45) is 0 Å². The lowest BCUT2D eigenvalue weighted by Gasteiger charge is -2.05. The van der Waals surface area contributed by atoms with Gasteiger partial charge in [-0.25, -0.2) is 9.59 Å². The number of benzene rings is 1. The van der Waals surface area contributed by atoms with Crippen LogP contribution in [0.25, 0.3) is 11.0 Å². The first-order valence-electron chi connectivity index (χ1n) is 6.75. The summed E-state index contributed by atoms with van der Waals surface area (Å²) in [5.41, 5.74) is -0.198. The highest BCUT2D eigenvalue weighted by Gasteiger charge is 2.12. The number of carbonyl (C=O) groups excluding carboxylic acids is 2. The molecule has 6 nitrogen and oxygen atoms in total. The van der Waals surface area contributed by atoms with Crippen molar-refractivity contribution in [3.63, 3.8) is 0 Å². The molecule has 0 saturated heterocycles. The van der Waals surface area contributed by atoms with Crippen LogP contribution >= 0.6 is 0 Å². The molecule has 0 fully saturated rings. The normalized spacial score (nSPS) is 10.5. The van der Waals surface area contributed by atoms with Crippen molar-refractivity contribution in [2.45, 2.75) is 6.92 Å². The van der Waals surface area contributed by atoms with Crippen LogP contribution in [0, 0.1) is 0 Å². The second kappa shape index (κ2) is 5.84.